The van der Waals surface area contributed by atoms with Gasteiger partial charge in [-0.05, 0) is 31.0 Å². The largest absolute Gasteiger partial charge is 0.370 e. The van der Waals surface area contributed by atoms with Gasteiger partial charge in [0.25, 0.3) is 0 Å². The molecule has 0 aliphatic carbocycles. The number of nitriles is 1. The summed E-state index contributed by atoms with van der Waals surface area (Å²) < 4.78 is 0. The number of hydrogen-bond acceptors (Lipinski definition) is 2. The SMILES string of the molecule is N#Cc1ccc(N2CCCCCC2)c(Cl)c1. The van der Waals surface area contributed by atoms with Gasteiger partial charge in [-0.25, -0.2) is 0 Å². The highest BCUT2D eigenvalue weighted by Gasteiger charge is 2.12. The average Bonchev–Trinajstić information content (AvgIpc) is 2.57. The van der Waals surface area contributed by atoms with Gasteiger partial charge in [0.2, 0.25) is 0 Å². The third kappa shape index (κ3) is 2.48. The molecule has 3 heteroatoms. The molecule has 0 aromatic heterocycles. The molecule has 1 aliphatic rings. The molecule has 0 atom stereocenters. The van der Waals surface area contributed by atoms with E-state index in [-0.39, 0.29) is 0 Å². The maximum atomic E-state index is 8.79. The lowest BCUT2D eigenvalue weighted by Gasteiger charge is -2.23. The van der Waals surface area contributed by atoms with Crippen LogP contribution in [0.2, 0.25) is 5.02 Å². The van der Waals surface area contributed by atoms with Crippen LogP contribution in [0.1, 0.15) is 31.2 Å². The monoisotopic (exact) mass is 234 g/mol. The van der Waals surface area contributed by atoms with E-state index >= 15 is 0 Å². The van der Waals surface area contributed by atoms with E-state index in [0.717, 1.165) is 18.8 Å². The van der Waals surface area contributed by atoms with Gasteiger partial charge < -0.3 is 4.90 Å². The highest BCUT2D eigenvalue weighted by Crippen LogP contribution is 2.28. The zero-order valence-corrected chi connectivity index (χ0v) is 10.0. The first kappa shape index (κ1) is 11.3. The number of benzene rings is 1. The lowest BCUT2D eigenvalue weighted by Crippen LogP contribution is -2.24. The molecule has 0 amide bonds. The van der Waals surface area contributed by atoms with Crippen LogP contribution in [0.25, 0.3) is 0 Å². The lowest BCUT2D eigenvalue weighted by atomic mass is 10.2. The Morgan fingerprint density at radius 3 is 2.38 bits per heavy atom. The first-order valence-corrected chi connectivity index (χ1v) is 6.13. The van der Waals surface area contributed by atoms with E-state index in [9.17, 15) is 0 Å². The van der Waals surface area contributed by atoms with Crippen molar-refractivity contribution in [3.05, 3.63) is 28.8 Å². The van der Waals surface area contributed by atoms with Crippen LogP contribution < -0.4 is 4.90 Å². The molecule has 1 saturated heterocycles. The van der Waals surface area contributed by atoms with Gasteiger partial charge in [-0.3, -0.25) is 0 Å². The normalized spacial score (nSPS) is 16.6. The Kier molecular flexibility index (Phi) is 3.69. The van der Waals surface area contributed by atoms with Crippen molar-refractivity contribution >= 4 is 17.3 Å². The standard InChI is InChI=1S/C13H15ClN2/c14-12-9-11(10-15)5-6-13(12)16-7-3-1-2-4-8-16/h5-6,9H,1-4,7-8H2. The van der Waals surface area contributed by atoms with Crippen LogP contribution in [0.5, 0.6) is 0 Å². The maximum absolute atomic E-state index is 8.79. The second-order valence-corrected chi connectivity index (χ2v) is 4.59. The van der Waals surface area contributed by atoms with E-state index in [0.29, 0.717) is 10.6 Å². The Morgan fingerprint density at radius 1 is 1.12 bits per heavy atom. The molecule has 84 valence electrons. The van der Waals surface area contributed by atoms with Crippen LogP contribution in [0.3, 0.4) is 0 Å². The van der Waals surface area contributed by atoms with Crippen LogP contribution in [0.15, 0.2) is 18.2 Å². The summed E-state index contributed by atoms with van der Waals surface area (Å²) in [5.74, 6) is 0. The van der Waals surface area contributed by atoms with E-state index in [1.807, 2.05) is 12.1 Å². The molecule has 1 aliphatic heterocycles. The fourth-order valence-electron chi connectivity index (χ4n) is 2.14. The molecule has 1 aromatic rings. The van der Waals surface area contributed by atoms with Crippen LogP contribution in [-0.2, 0) is 0 Å². The molecule has 1 aromatic carbocycles. The molecule has 2 nitrogen and oxygen atoms in total. The topological polar surface area (TPSA) is 27.0 Å². The van der Waals surface area contributed by atoms with Crippen molar-refractivity contribution in [2.24, 2.45) is 0 Å². The highest BCUT2D eigenvalue weighted by atomic mass is 35.5. The fourth-order valence-corrected chi connectivity index (χ4v) is 2.44. The molecular weight excluding hydrogens is 220 g/mol. The molecular formula is C13H15ClN2. The van der Waals surface area contributed by atoms with E-state index in [1.54, 1.807) is 6.07 Å². The Hall–Kier alpha value is -1.20. The average molecular weight is 235 g/mol. The van der Waals surface area contributed by atoms with E-state index < -0.39 is 0 Å². The number of anilines is 1. The molecule has 0 saturated carbocycles. The van der Waals surface area contributed by atoms with E-state index in [2.05, 4.69) is 11.0 Å². The van der Waals surface area contributed by atoms with E-state index in [1.165, 1.54) is 25.7 Å². The lowest BCUT2D eigenvalue weighted by molar-refractivity contribution is 0.726. The zero-order valence-electron chi connectivity index (χ0n) is 9.25. The first-order valence-electron chi connectivity index (χ1n) is 5.76. The van der Waals surface area contributed by atoms with Gasteiger partial charge in [-0.1, -0.05) is 24.4 Å². The van der Waals surface area contributed by atoms with Crippen molar-refractivity contribution < 1.29 is 0 Å². The van der Waals surface area contributed by atoms with Gasteiger partial charge >= 0.3 is 0 Å². The molecule has 0 N–H and O–H groups in total. The van der Waals surface area contributed by atoms with Crippen molar-refractivity contribution in [2.45, 2.75) is 25.7 Å². The van der Waals surface area contributed by atoms with Crippen molar-refractivity contribution in [3.8, 4) is 6.07 Å². The number of hydrogen-bond donors (Lipinski definition) is 0. The quantitative estimate of drug-likeness (QED) is 0.743. The summed E-state index contributed by atoms with van der Waals surface area (Å²) >= 11 is 6.20. The van der Waals surface area contributed by atoms with Crippen LogP contribution in [-0.4, -0.2) is 13.1 Å². The van der Waals surface area contributed by atoms with Gasteiger partial charge in [0.1, 0.15) is 0 Å². The zero-order chi connectivity index (χ0) is 11.4. The first-order chi connectivity index (χ1) is 7.81. The third-order valence-electron chi connectivity index (χ3n) is 3.02. The minimum Gasteiger partial charge on any atom is -0.370 e. The minimum absolute atomic E-state index is 0.628. The van der Waals surface area contributed by atoms with Crippen LogP contribution >= 0.6 is 11.6 Å². The molecule has 0 spiro atoms. The van der Waals surface area contributed by atoms with Gasteiger partial charge in [-0.2, -0.15) is 5.26 Å². The van der Waals surface area contributed by atoms with Crippen molar-refractivity contribution in [2.75, 3.05) is 18.0 Å². The fraction of sp³-hybridized carbons (Fsp3) is 0.462. The smallest absolute Gasteiger partial charge is 0.0992 e. The molecule has 1 fully saturated rings. The molecule has 0 unspecified atom stereocenters. The second kappa shape index (κ2) is 5.23. The number of halogens is 1. The van der Waals surface area contributed by atoms with Gasteiger partial charge in [-0.15, -0.1) is 0 Å². The van der Waals surface area contributed by atoms with Crippen molar-refractivity contribution in [1.29, 1.82) is 5.26 Å². The summed E-state index contributed by atoms with van der Waals surface area (Å²) in [6.45, 7) is 2.15. The summed E-state index contributed by atoms with van der Waals surface area (Å²) in [6, 6.07) is 7.66. The Balaban J connectivity index is 2.22. The summed E-state index contributed by atoms with van der Waals surface area (Å²) in [5, 5.41) is 9.48. The highest BCUT2D eigenvalue weighted by molar-refractivity contribution is 6.33. The van der Waals surface area contributed by atoms with Crippen LogP contribution in [0, 0.1) is 11.3 Å². The van der Waals surface area contributed by atoms with Crippen molar-refractivity contribution in [3.63, 3.8) is 0 Å². The summed E-state index contributed by atoms with van der Waals surface area (Å²) in [5.41, 5.74) is 1.70. The summed E-state index contributed by atoms with van der Waals surface area (Å²) in [7, 11) is 0. The molecule has 16 heavy (non-hydrogen) atoms. The van der Waals surface area contributed by atoms with Crippen LogP contribution in [0.4, 0.5) is 5.69 Å². The van der Waals surface area contributed by atoms with Gasteiger partial charge in [0.05, 0.1) is 22.3 Å². The molecule has 2 rings (SSSR count). The Bertz CT molecular complexity index is 401. The predicted octanol–water partition coefficient (Wildman–Crippen LogP) is 3.59. The van der Waals surface area contributed by atoms with E-state index in [4.69, 9.17) is 16.9 Å². The molecule has 0 radical (unpaired) electrons. The number of nitrogens with zero attached hydrogens (tertiary/aromatic N) is 2. The predicted molar refractivity (Wildman–Crippen MR) is 66.8 cm³/mol. The molecule has 1 heterocycles. The third-order valence-corrected chi connectivity index (χ3v) is 3.33. The minimum atomic E-state index is 0.628. The maximum Gasteiger partial charge on any atom is 0.0992 e. The van der Waals surface area contributed by atoms with Gasteiger partial charge in [0, 0.05) is 13.1 Å². The number of rotatable bonds is 1. The Morgan fingerprint density at radius 2 is 1.81 bits per heavy atom. The second-order valence-electron chi connectivity index (χ2n) is 4.18. The van der Waals surface area contributed by atoms with Crippen molar-refractivity contribution in [1.82, 2.24) is 0 Å². The summed E-state index contributed by atoms with van der Waals surface area (Å²) in [6.07, 6.45) is 5.08. The Labute approximate surface area is 101 Å². The summed E-state index contributed by atoms with van der Waals surface area (Å²) in [4.78, 5) is 2.33. The van der Waals surface area contributed by atoms with Gasteiger partial charge in [0.15, 0.2) is 0 Å². The molecule has 0 bridgehead atoms.